The fourth-order valence-corrected chi connectivity index (χ4v) is 5.37. The second-order valence-corrected chi connectivity index (χ2v) is 10.8. The predicted molar refractivity (Wildman–Crippen MR) is 136 cm³/mol. The van der Waals surface area contributed by atoms with Crippen LogP contribution in [0.25, 0.3) is 11.5 Å². The summed E-state index contributed by atoms with van der Waals surface area (Å²) in [4.78, 5) is 35.1. The third-order valence-electron chi connectivity index (χ3n) is 7.72. The number of imide groups is 1. The van der Waals surface area contributed by atoms with Crippen LogP contribution in [0, 0.1) is 0 Å². The number of hydrogen-bond acceptors (Lipinski definition) is 7. The van der Waals surface area contributed by atoms with E-state index in [4.69, 9.17) is 4.42 Å². The number of piperidine rings is 1. The van der Waals surface area contributed by atoms with Gasteiger partial charge < -0.3 is 9.32 Å². The summed E-state index contributed by atoms with van der Waals surface area (Å²) in [5, 5.41) is 6.95. The zero-order valence-electron chi connectivity index (χ0n) is 21.9. The van der Waals surface area contributed by atoms with Crippen LogP contribution in [-0.4, -0.2) is 55.9 Å². The molecule has 0 N–H and O–H groups in total. The van der Waals surface area contributed by atoms with E-state index in [2.05, 4.69) is 40.0 Å². The highest BCUT2D eigenvalue weighted by molar-refractivity contribution is 6.12. The SMILES string of the molecule is CC(C)N1CCC(c2ccc3c(c2)C(=O)N(Cc2ccc(-c4nnc(C(F)F)o4)cn2)C(=O)C3(C)C)CC1. The van der Waals surface area contributed by atoms with E-state index in [9.17, 15) is 18.4 Å². The second kappa shape index (κ2) is 9.98. The standard InChI is InChI=1S/C28H31F2N5O3/c1-16(2)34-11-9-17(10-12-34)18-6-8-22-21(13-18)26(36)35(27(37)28(22,3)4)15-20-7-5-19(14-31-20)24-32-33-25(38-24)23(29)30/h5-8,13-14,16-17,23H,9-12,15H2,1-4H3. The highest BCUT2D eigenvalue weighted by Gasteiger charge is 2.44. The van der Waals surface area contributed by atoms with E-state index in [1.165, 1.54) is 11.1 Å². The molecule has 4 heterocycles. The highest BCUT2D eigenvalue weighted by Crippen LogP contribution is 2.38. The Balaban J connectivity index is 1.37. The monoisotopic (exact) mass is 523 g/mol. The van der Waals surface area contributed by atoms with Crippen molar-refractivity contribution in [1.29, 1.82) is 0 Å². The van der Waals surface area contributed by atoms with Gasteiger partial charge in [0, 0.05) is 17.8 Å². The second-order valence-electron chi connectivity index (χ2n) is 10.8. The molecule has 0 unspecified atom stereocenters. The van der Waals surface area contributed by atoms with Gasteiger partial charge in [0.15, 0.2) is 0 Å². The van der Waals surface area contributed by atoms with Crippen molar-refractivity contribution < 1.29 is 22.8 Å². The van der Waals surface area contributed by atoms with Crippen LogP contribution < -0.4 is 0 Å². The molecule has 5 rings (SSSR count). The van der Waals surface area contributed by atoms with Crippen molar-refractivity contribution >= 4 is 11.8 Å². The quantitative estimate of drug-likeness (QED) is 0.414. The third-order valence-corrected chi connectivity index (χ3v) is 7.72. The average molecular weight is 524 g/mol. The maximum atomic E-state index is 13.6. The first-order valence-electron chi connectivity index (χ1n) is 12.9. The van der Waals surface area contributed by atoms with Crippen molar-refractivity contribution in [3.8, 4) is 11.5 Å². The molecule has 1 fully saturated rings. The van der Waals surface area contributed by atoms with Gasteiger partial charge in [0.05, 0.1) is 23.2 Å². The van der Waals surface area contributed by atoms with Gasteiger partial charge in [0.2, 0.25) is 11.8 Å². The lowest BCUT2D eigenvalue weighted by molar-refractivity contribution is -0.134. The van der Waals surface area contributed by atoms with Crippen molar-refractivity contribution in [2.24, 2.45) is 0 Å². The first-order chi connectivity index (χ1) is 18.1. The van der Waals surface area contributed by atoms with Gasteiger partial charge in [-0.3, -0.25) is 19.5 Å². The Morgan fingerprint density at radius 1 is 1.08 bits per heavy atom. The molecule has 0 saturated carbocycles. The molecule has 1 aromatic carbocycles. The molecule has 2 aliphatic heterocycles. The van der Waals surface area contributed by atoms with Crippen LogP contribution in [0.15, 0.2) is 40.9 Å². The minimum atomic E-state index is -2.86. The number of pyridine rings is 1. The first-order valence-corrected chi connectivity index (χ1v) is 12.9. The Kier molecular flexibility index (Phi) is 6.85. The number of carbonyl (C=O) groups is 2. The van der Waals surface area contributed by atoms with Gasteiger partial charge in [0.1, 0.15) is 0 Å². The van der Waals surface area contributed by atoms with Gasteiger partial charge in [-0.25, -0.2) is 0 Å². The van der Waals surface area contributed by atoms with Crippen molar-refractivity contribution in [1.82, 2.24) is 25.0 Å². The van der Waals surface area contributed by atoms with E-state index in [1.807, 2.05) is 26.0 Å². The Labute approximate surface area is 220 Å². The van der Waals surface area contributed by atoms with Crippen LogP contribution in [0.2, 0.25) is 0 Å². The normalized spacial score (nSPS) is 18.5. The number of carbonyl (C=O) groups excluding carboxylic acids is 2. The predicted octanol–water partition coefficient (Wildman–Crippen LogP) is 5.12. The molecule has 200 valence electrons. The Hall–Kier alpha value is -3.53. The molecule has 0 radical (unpaired) electrons. The molecule has 0 aliphatic carbocycles. The van der Waals surface area contributed by atoms with Gasteiger partial charge in [-0.2, -0.15) is 8.78 Å². The summed E-state index contributed by atoms with van der Waals surface area (Å²) in [7, 11) is 0. The van der Waals surface area contributed by atoms with Crippen LogP contribution in [0.4, 0.5) is 8.78 Å². The molecule has 3 aromatic rings. The molecular weight excluding hydrogens is 492 g/mol. The van der Waals surface area contributed by atoms with E-state index >= 15 is 0 Å². The Morgan fingerprint density at radius 3 is 2.42 bits per heavy atom. The topological polar surface area (TPSA) is 92.4 Å². The zero-order valence-corrected chi connectivity index (χ0v) is 21.9. The number of benzene rings is 1. The molecule has 2 aliphatic rings. The van der Waals surface area contributed by atoms with Crippen molar-refractivity contribution in [2.45, 2.75) is 70.9 Å². The summed E-state index contributed by atoms with van der Waals surface area (Å²) in [5.41, 5.74) is 2.39. The molecule has 2 amide bonds. The van der Waals surface area contributed by atoms with Crippen LogP contribution in [0.1, 0.15) is 85.9 Å². The number of fused-ring (bicyclic) bond motifs is 1. The molecular formula is C28H31F2N5O3. The molecule has 1 saturated heterocycles. The molecule has 0 bridgehead atoms. The first kappa shape index (κ1) is 26.1. The fourth-order valence-electron chi connectivity index (χ4n) is 5.37. The van der Waals surface area contributed by atoms with Crippen LogP contribution in [0.3, 0.4) is 0 Å². The van der Waals surface area contributed by atoms with Gasteiger partial charge in [-0.1, -0.05) is 12.1 Å². The van der Waals surface area contributed by atoms with Crippen LogP contribution >= 0.6 is 0 Å². The lowest BCUT2D eigenvalue weighted by Crippen LogP contribution is -2.51. The van der Waals surface area contributed by atoms with E-state index in [0.29, 0.717) is 28.8 Å². The molecule has 38 heavy (non-hydrogen) atoms. The molecule has 10 heteroatoms. The Bertz CT molecular complexity index is 1340. The number of hydrogen-bond donors (Lipinski definition) is 0. The van der Waals surface area contributed by atoms with Gasteiger partial charge in [-0.05, 0) is 88.9 Å². The molecule has 2 aromatic heterocycles. The Morgan fingerprint density at radius 2 is 1.82 bits per heavy atom. The fraction of sp³-hybridized carbons (Fsp3) is 0.464. The number of halogens is 2. The smallest absolute Gasteiger partial charge is 0.314 e. The summed E-state index contributed by atoms with van der Waals surface area (Å²) in [6.45, 7) is 10.1. The van der Waals surface area contributed by atoms with Gasteiger partial charge in [0.25, 0.3) is 11.8 Å². The number of alkyl halides is 2. The minimum absolute atomic E-state index is 0.00998. The maximum absolute atomic E-state index is 13.6. The molecule has 0 atom stereocenters. The van der Waals surface area contributed by atoms with E-state index in [-0.39, 0.29) is 24.2 Å². The van der Waals surface area contributed by atoms with E-state index < -0.39 is 17.7 Å². The van der Waals surface area contributed by atoms with Crippen LogP contribution in [0.5, 0.6) is 0 Å². The van der Waals surface area contributed by atoms with Crippen molar-refractivity contribution in [3.05, 3.63) is 64.8 Å². The maximum Gasteiger partial charge on any atom is 0.314 e. The summed E-state index contributed by atoms with van der Waals surface area (Å²) in [6.07, 6.45) is 0.607. The van der Waals surface area contributed by atoms with E-state index in [1.54, 1.807) is 12.1 Å². The summed E-state index contributed by atoms with van der Waals surface area (Å²) in [5.74, 6) is -1.10. The average Bonchev–Trinajstić information content (AvgIpc) is 3.41. The number of rotatable bonds is 6. The van der Waals surface area contributed by atoms with Gasteiger partial charge >= 0.3 is 6.43 Å². The summed E-state index contributed by atoms with van der Waals surface area (Å²) < 4.78 is 30.5. The van der Waals surface area contributed by atoms with Crippen molar-refractivity contribution in [3.63, 3.8) is 0 Å². The molecule has 0 spiro atoms. The number of nitrogens with zero attached hydrogens (tertiary/aromatic N) is 5. The number of aromatic nitrogens is 3. The lowest BCUT2D eigenvalue weighted by Gasteiger charge is -2.38. The molecule has 8 nitrogen and oxygen atoms in total. The zero-order chi connectivity index (χ0) is 27.2. The minimum Gasteiger partial charge on any atom is -0.415 e. The highest BCUT2D eigenvalue weighted by atomic mass is 19.3. The number of likely N-dealkylation sites (tertiary alicyclic amines) is 1. The lowest BCUT2D eigenvalue weighted by atomic mass is 9.75. The largest absolute Gasteiger partial charge is 0.415 e. The van der Waals surface area contributed by atoms with E-state index in [0.717, 1.165) is 37.1 Å². The third kappa shape index (κ3) is 4.73. The van der Waals surface area contributed by atoms with Crippen LogP contribution in [-0.2, 0) is 16.8 Å². The summed E-state index contributed by atoms with van der Waals surface area (Å²) >= 11 is 0. The van der Waals surface area contributed by atoms with Gasteiger partial charge in [-0.15, -0.1) is 10.2 Å². The number of amides is 2. The van der Waals surface area contributed by atoms with Crippen molar-refractivity contribution in [2.75, 3.05) is 13.1 Å². The summed E-state index contributed by atoms with van der Waals surface area (Å²) in [6, 6.07) is 9.71.